The molecular weight excluding hydrogens is 416 g/mol. The number of piperidine rings is 1. The van der Waals surface area contributed by atoms with Crippen molar-refractivity contribution in [3.05, 3.63) is 15.9 Å². The molecule has 2 rings (SSSR count). The minimum atomic E-state index is -3.50. The van der Waals surface area contributed by atoms with E-state index in [4.69, 9.17) is 4.74 Å². The van der Waals surface area contributed by atoms with Crippen LogP contribution in [0.15, 0.2) is 20.1 Å². The molecule has 6 nitrogen and oxygen atoms in total. The molecule has 0 radical (unpaired) electrons. The summed E-state index contributed by atoms with van der Waals surface area (Å²) in [5, 5.41) is 0. The van der Waals surface area contributed by atoms with Gasteiger partial charge < -0.3 is 9.64 Å². The van der Waals surface area contributed by atoms with Crippen LogP contribution in [0.1, 0.15) is 33.6 Å². The van der Waals surface area contributed by atoms with E-state index in [0.717, 1.165) is 16.6 Å². The highest BCUT2D eigenvalue weighted by Crippen LogP contribution is 2.26. The van der Waals surface area contributed by atoms with Crippen LogP contribution in [0, 0.1) is 5.92 Å². The summed E-state index contributed by atoms with van der Waals surface area (Å²) < 4.78 is 33.6. The smallest absolute Gasteiger partial charge is 0.410 e. The number of carbonyl (C=O) groups excluding carboxylic acids is 1. The molecule has 2 heterocycles. The Morgan fingerprint density at radius 2 is 2.17 bits per heavy atom. The average Bonchev–Trinajstić information content (AvgIpc) is 2.91. The third kappa shape index (κ3) is 5.72. The summed E-state index contributed by atoms with van der Waals surface area (Å²) >= 11 is 4.44. The molecule has 136 valence electrons. The van der Waals surface area contributed by atoms with Gasteiger partial charge in [0.1, 0.15) is 9.81 Å². The van der Waals surface area contributed by atoms with Crippen molar-refractivity contribution in [3.63, 3.8) is 0 Å². The molecule has 0 aromatic carbocycles. The summed E-state index contributed by atoms with van der Waals surface area (Å²) in [5.41, 5.74) is -0.530. The van der Waals surface area contributed by atoms with Gasteiger partial charge in [-0.2, -0.15) is 0 Å². The van der Waals surface area contributed by atoms with Crippen molar-refractivity contribution in [2.45, 2.75) is 43.4 Å². The van der Waals surface area contributed by atoms with Crippen LogP contribution in [0.3, 0.4) is 0 Å². The van der Waals surface area contributed by atoms with Gasteiger partial charge in [-0.15, -0.1) is 11.3 Å². The first-order chi connectivity index (χ1) is 11.1. The Morgan fingerprint density at radius 1 is 1.46 bits per heavy atom. The van der Waals surface area contributed by atoms with Crippen LogP contribution < -0.4 is 4.72 Å². The first-order valence-electron chi connectivity index (χ1n) is 7.80. The van der Waals surface area contributed by atoms with E-state index in [1.165, 1.54) is 11.3 Å². The van der Waals surface area contributed by atoms with E-state index in [0.29, 0.717) is 19.6 Å². The molecule has 0 spiro atoms. The molecule has 24 heavy (non-hydrogen) atoms. The van der Waals surface area contributed by atoms with Crippen LogP contribution >= 0.6 is 27.3 Å². The fraction of sp³-hybridized carbons (Fsp3) is 0.667. The molecule has 1 fully saturated rings. The lowest BCUT2D eigenvalue weighted by atomic mass is 9.99. The van der Waals surface area contributed by atoms with E-state index in [2.05, 4.69) is 20.7 Å². The van der Waals surface area contributed by atoms with Crippen molar-refractivity contribution in [1.82, 2.24) is 9.62 Å². The number of sulfonamides is 1. The number of thiophene rings is 1. The van der Waals surface area contributed by atoms with Gasteiger partial charge in [0.15, 0.2) is 0 Å². The largest absolute Gasteiger partial charge is 0.444 e. The van der Waals surface area contributed by atoms with E-state index >= 15 is 0 Å². The molecule has 1 aliphatic rings. The number of hydrogen-bond acceptors (Lipinski definition) is 5. The SMILES string of the molecule is CC(C)(C)OC(=O)N1CCC[C@@H](CNS(=O)(=O)c2ccc(Br)s2)C1. The Morgan fingerprint density at radius 3 is 2.75 bits per heavy atom. The predicted octanol–water partition coefficient (Wildman–Crippen LogP) is 3.44. The zero-order valence-electron chi connectivity index (χ0n) is 14.0. The van der Waals surface area contributed by atoms with Crippen LogP contribution in [0.5, 0.6) is 0 Å². The van der Waals surface area contributed by atoms with Gasteiger partial charge in [0.2, 0.25) is 10.0 Å². The Hall–Kier alpha value is -0.640. The van der Waals surface area contributed by atoms with E-state index < -0.39 is 15.6 Å². The van der Waals surface area contributed by atoms with Crippen LogP contribution in [0.2, 0.25) is 0 Å². The normalized spacial score (nSPS) is 19.3. The van der Waals surface area contributed by atoms with E-state index in [-0.39, 0.29) is 16.2 Å². The van der Waals surface area contributed by atoms with Gasteiger partial charge in [0, 0.05) is 19.6 Å². The highest BCUT2D eigenvalue weighted by Gasteiger charge is 2.28. The highest BCUT2D eigenvalue weighted by atomic mass is 79.9. The number of amides is 1. The quantitative estimate of drug-likeness (QED) is 0.780. The second kappa shape index (κ2) is 7.72. The monoisotopic (exact) mass is 438 g/mol. The third-order valence-electron chi connectivity index (χ3n) is 3.55. The summed E-state index contributed by atoms with van der Waals surface area (Å²) in [5.74, 6) is 0.0875. The molecular formula is C15H23BrN2O4S2. The number of nitrogens with zero attached hydrogens (tertiary/aromatic N) is 1. The maximum atomic E-state index is 12.3. The molecule has 0 aliphatic carbocycles. The van der Waals surface area contributed by atoms with Crippen LogP contribution in [0.4, 0.5) is 4.79 Å². The summed E-state index contributed by atoms with van der Waals surface area (Å²) in [6, 6.07) is 3.29. The Labute approximate surface area is 155 Å². The number of carbonyl (C=O) groups is 1. The molecule has 0 bridgehead atoms. The summed E-state index contributed by atoms with van der Waals surface area (Å²) in [4.78, 5) is 13.8. The fourth-order valence-corrected chi connectivity index (χ4v) is 5.64. The standard InChI is InChI=1S/C15H23BrN2O4S2/c1-15(2,3)22-14(19)18-8-4-5-11(10-18)9-17-24(20,21)13-7-6-12(16)23-13/h6-7,11,17H,4-5,8-10H2,1-3H3/t11-/m0/s1. The van der Waals surface area contributed by atoms with E-state index in [1.54, 1.807) is 17.0 Å². The highest BCUT2D eigenvalue weighted by molar-refractivity contribution is 9.11. The minimum Gasteiger partial charge on any atom is -0.444 e. The van der Waals surface area contributed by atoms with Crippen molar-refractivity contribution in [3.8, 4) is 0 Å². The minimum absolute atomic E-state index is 0.0875. The van der Waals surface area contributed by atoms with Crippen molar-refractivity contribution in [1.29, 1.82) is 0 Å². The number of nitrogens with one attached hydrogen (secondary N) is 1. The number of ether oxygens (including phenoxy) is 1. The second-order valence-corrected chi connectivity index (χ2v) is 11.3. The first-order valence-corrected chi connectivity index (χ1v) is 10.9. The molecule has 1 amide bonds. The maximum Gasteiger partial charge on any atom is 0.410 e. The lowest BCUT2D eigenvalue weighted by Gasteiger charge is -2.34. The van der Waals surface area contributed by atoms with E-state index in [1.807, 2.05) is 20.8 Å². The maximum absolute atomic E-state index is 12.3. The summed E-state index contributed by atoms with van der Waals surface area (Å²) in [7, 11) is -3.50. The van der Waals surface area contributed by atoms with E-state index in [9.17, 15) is 13.2 Å². The molecule has 0 saturated carbocycles. The van der Waals surface area contributed by atoms with Gasteiger partial charge in [-0.05, 0) is 67.6 Å². The molecule has 1 aromatic heterocycles. The number of hydrogen-bond donors (Lipinski definition) is 1. The van der Waals surface area contributed by atoms with Gasteiger partial charge in [0.25, 0.3) is 0 Å². The van der Waals surface area contributed by atoms with Crippen molar-refractivity contribution < 1.29 is 17.9 Å². The molecule has 1 atom stereocenters. The third-order valence-corrected chi connectivity index (χ3v) is 7.09. The zero-order valence-corrected chi connectivity index (χ0v) is 17.3. The van der Waals surface area contributed by atoms with Gasteiger partial charge in [-0.1, -0.05) is 0 Å². The van der Waals surface area contributed by atoms with Gasteiger partial charge in [0.05, 0.1) is 3.79 Å². The number of halogens is 1. The Balaban J connectivity index is 1.90. The summed E-state index contributed by atoms with van der Waals surface area (Å²) in [6.07, 6.45) is 1.39. The molecule has 0 unspecified atom stereocenters. The van der Waals surface area contributed by atoms with Gasteiger partial charge in [-0.3, -0.25) is 0 Å². The fourth-order valence-electron chi connectivity index (χ4n) is 2.46. The van der Waals surface area contributed by atoms with Crippen LogP contribution in [-0.4, -0.2) is 44.6 Å². The lowest BCUT2D eigenvalue weighted by molar-refractivity contribution is 0.0169. The van der Waals surface area contributed by atoms with Crippen molar-refractivity contribution >= 4 is 43.4 Å². The molecule has 1 aliphatic heterocycles. The molecule has 9 heteroatoms. The predicted molar refractivity (Wildman–Crippen MR) is 97.7 cm³/mol. The topological polar surface area (TPSA) is 75.7 Å². The average molecular weight is 439 g/mol. The lowest BCUT2D eigenvalue weighted by Crippen LogP contribution is -2.45. The molecule has 1 N–H and O–H groups in total. The second-order valence-electron chi connectivity index (χ2n) is 6.85. The Bertz CT molecular complexity index is 682. The van der Waals surface area contributed by atoms with Gasteiger partial charge in [-0.25, -0.2) is 17.9 Å². The van der Waals surface area contributed by atoms with Gasteiger partial charge >= 0.3 is 6.09 Å². The zero-order chi connectivity index (χ0) is 18.0. The van der Waals surface area contributed by atoms with Crippen molar-refractivity contribution in [2.24, 2.45) is 5.92 Å². The first kappa shape index (κ1) is 19.7. The van der Waals surface area contributed by atoms with Crippen molar-refractivity contribution in [2.75, 3.05) is 19.6 Å². The number of rotatable bonds is 4. The molecule has 1 aromatic rings. The Kier molecular flexibility index (Phi) is 6.33. The molecule has 1 saturated heterocycles. The van der Waals surface area contributed by atoms with Crippen LogP contribution in [0.25, 0.3) is 0 Å². The summed E-state index contributed by atoms with van der Waals surface area (Å²) in [6.45, 7) is 6.97. The number of likely N-dealkylation sites (tertiary alicyclic amines) is 1. The van der Waals surface area contributed by atoms with Crippen LogP contribution in [-0.2, 0) is 14.8 Å².